The molecule has 0 radical (unpaired) electrons. The molecular weight excluding hydrogens is 690 g/mol. The Morgan fingerprint density at radius 2 is 1.33 bits per heavy atom. The highest BCUT2D eigenvalue weighted by Crippen LogP contribution is 2.52. The summed E-state index contributed by atoms with van der Waals surface area (Å²) in [6, 6.07) is 0. The Kier molecular flexibility index (Phi) is 7.88. The Balaban J connectivity index is 1.21. The minimum Gasteiger partial charge on any atom is -0.756 e. The summed E-state index contributed by atoms with van der Waals surface area (Å²) in [4.78, 5) is 84.1. The number of hydrogen-bond donors (Lipinski definition) is 5. The predicted octanol–water partition coefficient (Wildman–Crippen LogP) is -3.47. The summed E-state index contributed by atoms with van der Waals surface area (Å²) in [6.45, 7) is -0.818. The molecule has 26 heteroatoms. The van der Waals surface area contributed by atoms with Crippen LogP contribution < -0.4 is 32.4 Å². The Morgan fingerprint density at radius 1 is 0.875 bits per heavy atom. The van der Waals surface area contributed by atoms with Crippen molar-refractivity contribution in [3.63, 3.8) is 0 Å². The molecule has 0 spiro atoms. The van der Waals surface area contributed by atoms with E-state index >= 15 is 0 Å². The first-order chi connectivity index (χ1) is 22.6. The van der Waals surface area contributed by atoms with E-state index in [1.54, 1.807) is 0 Å². The zero-order valence-corrected chi connectivity index (χ0v) is 26.0. The highest BCUT2D eigenvalue weighted by Gasteiger charge is 2.53. The van der Waals surface area contributed by atoms with Gasteiger partial charge >= 0.3 is 0 Å². The van der Waals surface area contributed by atoms with Crippen molar-refractivity contribution in [2.24, 2.45) is 5.92 Å². The second-order valence-corrected chi connectivity index (χ2v) is 13.7. The molecule has 4 aromatic rings. The van der Waals surface area contributed by atoms with E-state index < -0.39 is 94.7 Å². The fourth-order valence-corrected chi connectivity index (χ4v) is 7.74. The standard InChI is InChI=1S/C22H26N10O14P2/c1-6(33)9-13-7(43-19(9)31-4-25-10-15(31)27-21(23)29-17(10)35)2-41-48(39,40)46-14-8(3-42-47(37,38)45-13)44-20(12(14)34)32-5-26-11-16(32)28-22(24)30-18(11)36/h4-5,7-9,12-14,19-20,34H,2-3H2,1H3,(H,37,38)(H,39,40)(H3,23,27,29,35)(H3,24,28,30,36)/p-2/t7-,8-,9-,12-,13?,14?,19+,20+/m0/s1. The maximum Gasteiger partial charge on any atom is 0.280 e. The van der Waals surface area contributed by atoms with Gasteiger partial charge in [-0.3, -0.25) is 42.6 Å². The summed E-state index contributed by atoms with van der Waals surface area (Å²) in [7, 11) is -10.8. The number of rotatable bonds is 3. The van der Waals surface area contributed by atoms with E-state index in [4.69, 9.17) is 39.0 Å². The molecule has 48 heavy (non-hydrogen) atoms. The molecule has 4 unspecified atom stereocenters. The first-order valence-electron chi connectivity index (χ1n) is 13.8. The monoisotopic (exact) mass is 714 g/mol. The predicted molar refractivity (Wildman–Crippen MR) is 150 cm³/mol. The van der Waals surface area contributed by atoms with Crippen LogP contribution in [0.1, 0.15) is 19.4 Å². The van der Waals surface area contributed by atoms with E-state index in [0.717, 1.165) is 28.7 Å². The van der Waals surface area contributed by atoms with Crippen LogP contribution >= 0.6 is 15.6 Å². The number of nitrogen functional groups attached to an aromatic ring is 2. The van der Waals surface area contributed by atoms with Crippen molar-refractivity contribution in [3.05, 3.63) is 33.4 Å². The molecule has 3 saturated heterocycles. The van der Waals surface area contributed by atoms with Gasteiger partial charge in [0, 0.05) is 0 Å². The Hall–Kier alpha value is -3.93. The normalized spacial score (nSPS) is 36.0. The van der Waals surface area contributed by atoms with E-state index in [-0.39, 0.29) is 34.2 Å². The van der Waals surface area contributed by atoms with Crippen LogP contribution in [0.5, 0.6) is 0 Å². The van der Waals surface area contributed by atoms with Gasteiger partial charge in [-0.25, -0.2) is 9.97 Å². The van der Waals surface area contributed by atoms with Crippen molar-refractivity contribution < 1.29 is 56.4 Å². The average molecular weight is 714 g/mol. The van der Waals surface area contributed by atoms with Crippen molar-refractivity contribution >= 4 is 55.7 Å². The van der Waals surface area contributed by atoms with Crippen molar-refractivity contribution in [2.45, 2.75) is 49.9 Å². The molecule has 24 nitrogen and oxygen atoms in total. The minimum absolute atomic E-state index is 0.133. The number of carbonyl (C=O) groups is 1. The fraction of sp³-hybridized carbons (Fsp3) is 0.500. The second-order valence-electron chi connectivity index (χ2n) is 10.9. The molecule has 0 aliphatic carbocycles. The molecule has 3 fully saturated rings. The lowest BCUT2D eigenvalue weighted by molar-refractivity contribution is -0.244. The summed E-state index contributed by atoms with van der Waals surface area (Å²) in [5.41, 5.74) is 9.19. The molecule has 0 amide bonds. The summed E-state index contributed by atoms with van der Waals surface area (Å²) >= 11 is 0. The Bertz CT molecular complexity index is 2150. The molecule has 0 saturated carbocycles. The zero-order valence-electron chi connectivity index (χ0n) is 24.2. The molecule has 3 aliphatic rings. The van der Waals surface area contributed by atoms with E-state index in [9.17, 15) is 38.4 Å². The maximum absolute atomic E-state index is 13.2. The lowest BCUT2D eigenvalue weighted by Gasteiger charge is -2.35. The van der Waals surface area contributed by atoms with Gasteiger partial charge < -0.3 is 53.9 Å². The number of phosphoric ester groups is 2. The number of imidazole rings is 2. The smallest absolute Gasteiger partial charge is 0.280 e. The molecule has 0 bridgehead atoms. The molecular formula is C22H24N10O14P2-2. The van der Waals surface area contributed by atoms with Crippen molar-refractivity contribution in [2.75, 3.05) is 24.7 Å². The molecule has 7 heterocycles. The summed E-state index contributed by atoms with van der Waals surface area (Å²) in [6.07, 6.45) is -9.46. The SMILES string of the molecule is CC(=O)[C@H]1C2OP(=O)([O-])OC[C@@H]3O[C@@H](n4cnc5c(=O)[nH]c(N)nc54)[C@@H](O)C3OP(=O)([O-])OC[C@@H]2O[C@H]1n1cnc2c(=O)[nH]c(N)nc21. The van der Waals surface area contributed by atoms with E-state index in [2.05, 4.69) is 29.9 Å². The highest BCUT2D eigenvalue weighted by atomic mass is 31.2. The number of hydrogen-bond acceptors (Lipinski definition) is 20. The van der Waals surface area contributed by atoms with Crippen LogP contribution in [0.2, 0.25) is 0 Å². The van der Waals surface area contributed by atoms with Gasteiger partial charge in [0.1, 0.15) is 42.5 Å². The third-order valence-corrected chi connectivity index (χ3v) is 9.80. The van der Waals surface area contributed by atoms with Crippen LogP contribution in [0.25, 0.3) is 22.3 Å². The molecule has 7 N–H and O–H groups in total. The van der Waals surface area contributed by atoms with Gasteiger partial charge in [0.05, 0.1) is 31.8 Å². The van der Waals surface area contributed by atoms with Gasteiger partial charge in [-0.1, -0.05) is 0 Å². The van der Waals surface area contributed by atoms with Gasteiger partial charge in [-0.05, 0) is 6.92 Å². The number of anilines is 2. The third kappa shape index (κ3) is 5.65. The maximum atomic E-state index is 13.2. The number of H-pyrrole nitrogens is 2. The number of aromatic amines is 2. The first-order valence-corrected chi connectivity index (χ1v) is 16.8. The number of ketones is 1. The largest absolute Gasteiger partial charge is 0.756 e. The van der Waals surface area contributed by atoms with Crippen LogP contribution in [-0.4, -0.2) is 93.7 Å². The fourth-order valence-electron chi connectivity index (χ4n) is 5.83. The lowest BCUT2D eigenvalue weighted by Crippen LogP contribution is -2.40. The number of nitrogens with zero attached hydrogens (tertiary/aromatic N) is 6. The minimum atomic E-state index is -5.40. The molecule has 10 atom stereocenters. The summed E-state index contributed by atoms with van der Waals surface area (Å²) < 4.78 is 60.6. The highest BCUT2D eigenvalue weighted by molar-refractivity contribution is 7.46. The second kappa shape index (κ2) is 11.6. The quantitative estimate of drug-likeness (QED) is 0.129. The Labute approximate surface area is 265 Å². The van der Waals surface area contributed by atoms with Gasteiger partial charge in [-0.2, -0.15) is 9.97 Å². The lowest BCUT2D eigenvalue weighted by atomic mass is 9.96. The number of carbonyl (C=O) groups excluding carboxylic acids is 1. The van der Waals surface area contributed by atoms with E-state index in [0.29, 0.717) is 0 Å². The summed E-state index contributed by atoms with van der Waals surface area (Å²) in [5.74, 6) is -2.75. The van der Waals surface area contributed by atoms with E-state index in [1.807, 2.05) is 0 Å². The van der Waals surface area contributed by atoms with Crippen LogP contribution in [0.15, 0.2) is 22.2 Å². The third-order valence-electron chi connectivity index (χ3n) is 7.87. The average Bonchev–Trinajstić information content (AvgIpc) is 3.75. The van der Waals surface area contributed by atoms with Crippen molar-refractivity contribution in [1.82, 2.24) is 39.0 Å². The van der Waals surface area contributed by atoms with Crippen LogP contribution in [0.3, 0.4) is 0 Å². The number of ether oxygens (including phenoxy) is 2. The van der Waals surface area contributed by atoms with Gasteiger partial charge in [0.25, 0.3) is 26.8 Å². The first kappa shape index (κ1) is 32.6. The number of phosphoric acid groups is 2. The number of nitrogens with one attached hydrogen (secondary N) is 2. The van der Waals surface area contributed by atoms with Gasteiger partial charge in [-0.15, -0.1) is 0 Å². The van der Waals surface area contributed by atoms with Gasteiger partial charge in [0.15, 0.2) is 28.6 Å². The van der Waals surface area contributed by atoms with Crippen LogP contribution in [-0.2, 0) is 41.5 Å². The molecule has 258 valence electrons. The van der Waals surface area contributed by atoms with Gasteiger partial charge in [0.2, 0.25) is 11.9 Å². The molecule has 7 rings (SSSR count). The van der Waals surface area contributed by atoms with Crippen molar-refractivity contribution in [3.8, 4) is 0 Å². The van der Waals surface area contributed by atoms with E-state index in [1.165, 1.54) is 0 Å². The zero-order chi connectivity index (χ0) is 34.3. The van der Waals surface area contributed by atoms with Crippen LogP contribution in [0, 0.1) is 5.92 Å². The summed E-state index contributed by atoms with van der Waals surface area (Å²) in [5, 5.41) is 11.1. The number of aliphatic hydroxyl groups excluding tert-OH is 1. The number of aromatic nitrogens is 8. The molecule has 0 aromatic carbocycles. The molecule has 3 aliphatic heterocycles. The number of Topliss-reactive ketones (excluding diaryl/α,β-unsaturated/α-hetero) is 1. The van der Waals surface area contributed by atoms with Crippen LogP contribution in [0.4, 0.5) is 11.9 Å². The molecule has 4 aromatic heterocycles. The topological polar surface area (TPSA) is 352 Å². The number of nitrogens with two attached hydrogens (primary N) is 2. The number of fused-ring (bicyclic) bond motifs is 4. The van der Waals surface area contributed by atoms with Crippen molar-refractivity contribution in [1.29, 1.82) is 0 Å². The number of aliphatic hydroxyl groups is 1. The Morgan fingerprint density at radius 3 is 1.85 bits per heavy atom.